The fraction of sp³-hybridized carbons (Fsp3) is 0.273. The zero-order chi connectivity index (χ0) is 14.0. The van der Waals surface area contributed by atoms with Gasteiger partial charge in [0.1, 0.15) is 0 Å². The van der Waals surface area contributed by atoms with E-state index in [0.717, 1.165) is 0 Å². The maximum Gasteiger partial charge on any atom is 0.389 e. The number of nitrogens with zero attached hydrogens (tertiary/aromatic N) is 2. The largest absolute Gasteiger partial charge is 0.398 e. The van der Waals surface area contributed by atoms with E-state index in [0.29, 0.717) is 15.7 Å². The Morgan fingerprint density at radius 3 is 2.68 bits per heavy atom. The number of aromatic nitrogens is 2. The van der Waals surface area contributed by atoms with Gasteiger partial charge in [-0.15, -0.1) is 0 Å². The molecule has 0 aliphatic heterocycles. The molecule has 2 N–H and O–H groups in total. The summed E-state index contributed by atoms with van der Waals surface area (Å²) in [5.74, 6) is 0.171. The van der Waals surface area contributed by atoms with Crippen molar-refractivity contribution in [1.82, 2.24) is 10.1 Å². The average Bonchev–Trinajstić information content (AvgIpc) is 2.78. The SMILES string of the molecule is Nc1cc(-c2nc(CCC(F)(F)F)no2)ccc1Br. The van der Waals surface area contributed by atoms with Crippen molar-refractivity contribution >= 4 is 21.6 Å². The van der Waals surface area contributed by atoms with Crippen LogP contribution in [0.25, 0.3) is 11.5 Å². The van der Waals surface area contributed by atoms with Crippen LogP contribution in [-0.2, 0) is 6.42 Å². The number of benzene rings is 1. The van der Waals surface area contributed by atoms with Crippen LogP contribution in [0.2, 0.25) is 0 Å². The Hall–Kier alpha value is -1.57. The van der Waals surface area contributed by atoms with Crippen molar-refractivity contribution in [3.63, 3.8) is 0 Å². The van der Waals surface area contributed by atoms with Gasteiger partial charge in [-0.05, 0) is 34.1 Å². The molecule has 0 saturated heterocycles. The van der Waals surface area contributed by atoms with Crippen LogP contribution in [0, 0.1) is 0 Å². The molecule has 0 amide bonds. The lowest BCUT2D eigenvalue weighted by atomic mass is 10.2. The fourth-order valence-electron chi connectivity index (χ4n) is 1.40. The van der Waals surface area contributed by atoms with Crippen LogP contribution in [0.5, 0.6) is 0 Å². The lowest BCUT2D eigenvalue weighted by Gasteiger charge is -2.02. The van der Waals surface area contributed by atoms with Crippen molar-refractivity contribution in [2.75, 3.05) is 5.73 Å². The summed E-state index contributed by atoms with van der Waals surface area (Å²) in [6.45, 7) is 0. The topological polar surface area (TPSA) is 64.9 Å². The van der Waals surface area contributed by atoms with Gasteiger partial charge in [-0.2, -0.15) is 18.2 Å². The van der Waals surface area contributed by atoms with E-state index in [1.54, 1.807) is 18.2 Å². The third kappa shape index (κ3) is 3.69. The van der Waals surface area contributed by atoms with E-state index in [9.17, 15) is 13.2 Å². The van der Waals surface area contributed by atoms with Crippen LogP contribution in [0.1, 0.15) is 12.2 Å². The van der Waals surface area contributed by atoms with Gasteiger partial charge in [0, 0.05) is 22.1 Å². The molecule has 0 atom stereocenters. The minimum Gasteiger partial charge on any atom is -0.398 e. The predicted octanol–water partition coefficient (Wildman–Crippen LogP) is 3.58. The number of hydrogen-bond acceptors (Lipinski definition) is 4. The second-order valence-corrected chi connectivity index (χ2v) is 4.72. The van der Waals surface area contributed by atoms with Crippen molar-refractivity contribution in [3.8, 4) is 11.5 Å². The molecule has 1 heterocycles. The molecule has 0 bridgehead atoms. The van der Waals surface area contributed by atoms with Crippen LogP contribution in [0.15, 0.2) is 27.2 Å². The van der Waals surface area contributed by atoms with Crippen LogP contribution < -0.4 is 5.73 Å². The molecule has 19 heavy (non-hydrogen) atoms. The molecule has 1 aromatic heterocycles. The molecular formula is C11H9BrF3N3O. The van der Waals surface area contributed by atoms with E-state index in [1.165, 1.54) is 0 Å². The molecular weight excluding hydrogens is 327 g/mol. The summed E-state index contributed by atoms with van der Waals surface area (Å²) in [5.41, 5.74) is 6.74. The summed E-state index contributed by atoms with van der Waals surface area (Å²) < 4.78 is 41.8. The summed E-state index contributed by atoms with van der Waals surface area (Å²) in [5, 5.41) is 3.51. The van der Waals surface area contributed by atoms with Crippen molar-refractivity contribution in [2.45, 2.75) is 19.0 Å². The monoisotopic (exact) mass is 335 g/mol. The van der Waals surface area contributed by atoms with Crippen molar-refractivity contribution in [2.24, 2.45) is 0 Å². The number of nitrogen functional groups attached to an aromatic ring is 1. The molecule has 0 fully saturated rings. The van der Waals surface area contributed by atoms with Crippen molar-refractivity contribution in [3.05, 3.63) is 28.5 Å². The Bertz CT molecular complexity index is 583. The molecule has 0 saturated carbocycles. The van der Waals surface area contributed by atoms with Gasteiger partial charge >= 0.3 is 6.18 Å². The number of nitrogens with two attached hydrogens (primary N) is 1. The van der Waals surface area contributed by atoms with Gasteiger partial charge < -0.3 is 10.3 Å². The average molecular weight is 336 g/mol. The normalized spacial score (nSPS) is 11.8. The van der Waals surface area contributed by atoms with Crippen LogP contribution in [0.4, 0.5) is 18.9 Å². The van der Waals surface area contributed by atoms with E-state index in [-0.39, 0.29) is 18.1 Å². The Kier molecular flexibility index (Phi) is 3.79. The summed E-state index contributed by atoms with van der Waals surface area (Å²) in [6.07, 6.45) is -5.52. The zero-order valence-electron chi connectivity index (χ0n) is 9.54. The molecule has 1 aromatic carbocycles. The molecule has 0 aliphatic carbocycles. The standard InChI is InChI=1S/C11H9BrF3N3O/c12-7-2-1-6(5-8(7)16)10-17-9(18-19-10)3-4-11(13,14)15/h1-2,5H,3-4,16H2. The number of anilines is 1. The minimum absolute atomic E-state index is 0.0221. The lowest BCUT2D eigenvalue weighted by Crippen LogP contribution is -2.09. The summed E-state index contributed by atoms with van der Waals surface area (Å²) in [7, 11) is 0. The highest BCUT2D eigenvalue weighted by Gasteiger charge is 2.27. The second-order valence-electron chi connectivity index (χ2n) is 3.87. The number of alkyl halides is 3. The highest BCUT2D eigenvalue weighted by atomic mass is 79.9. The number of aryl methyl sites for hydroxylation is 1. The smallest absolute Gasteiger partial charge is 0.389 e. The maximum absolute atomic E-state index is 12.1. The van der Waals surface area contributed by atoms with E-state index in [2.05, 4.69) is 26.1 Å². The molecule has 8 heteroatoms. The molecule has 0 aliphatic rings. The van der Waals surface area contributed by atoms with Crippen LogP contribution >= 0.6 is 15.9 Å². The van der Waals surface area contributed by atoms with Gasteiger partial charge in [0.05, 0.1) is 6.42 Å². The van der Waals surface area contributed by atoms with Crippen molar-refractivity contribution in [1.29, 1.82) is 0 Å². The summed E-state index contributed by atoms with van der Waals surface area (Å²) in [4.78, 5) is 3.91. The third-order valence-electron chi connectivity index (χ3n) is 2.34. The minimum atomic E-state index is -4.23. The Morgan fingerprint density at radius 1 is 1.32 bits per heavy atom. The van der Waals surface area contributed by atoms with Gasteiger partial charge in [-0.3, -0.25) is 0 Å². The van der Waals surface area contributed by atoms with Gasteiger partial charge in [0.15, 0.2) is 5.82 Å². The van der Waals surface area contributed by atoms with E-state index < -0.39 is 12.6 Å². The first-order valence-corrected chi connectivity index (χ1v) is 6.09. The van der Waals surface area contributed by atoms with Gasteiger partial charge in [0.2, 0.25) is 0 Å². The molecule has 2 aromatic rings. The quantitative estimate of drug-likeness (QED) is 0.870. The first kappa shape index (κ1) is 13.9. The predicted molar refractivity (Wildman–Crippen MR) is 66.2 cm³/mol. The first-order valence-electron chi connectivity index (χ1n) is 5.30. The molecule has 0 radical (unpaired) electrons. The lowest BCUT2D eigenvalue weighted by molar-refractivity contribution is -0.134. The number of hydrogen-bond donors (Lipinski definition) is 1. The van der Waals surface area contributed by atoms with Crippen LogP contribution in [-0.4, -0.2) is 16.3 Å². The van der Waals surface area contributed by atoms with E-state index in [4.69, 9.17) is 10.3 Å². The van der Waals surface area contributed by atoms with Crippen molar-refractivity contribution < 1.29 is 17.7 Å². The van der Waals surface area contributed by atoms with Gasteiger partial charge in [0.25, 0.3) is 5.89 Å². The number of halogens is 4. The summed E-state index contributed by atoms with van der Waals surface area (Å²) >= 11 is 3.24. The zero-order valence-corrected chi connectivity index (χ0v) is 11.1. The Morgan fingerprint density at radius 2 is 2.05 bits per heavy atom. The first-order chi connectivity index (χ1) is 8.85. The Labute approximate surface area is 114 Å². The highest BCUT2D eigenvalue weighted by Crippen LogP contribution is 2.27. The molecule has 4 nitrogen and oxygen atoms in total. The maximum atomic E-state index is 12.1. The molecule has 102 valence electrons. The molecule has 0 unspecified atom stereocenters. The van der Waals surface area contributed by atoms with Crippen LogP contribution in [0.3, 0.4) is 0 Å². The molecule has 0 spiro atoms. The highest BCUT2D eigenvalue weighted by molar-refractivity contribution is 9.10. The van der Waals surface area contributed by atoms with Gasteiger partial charge in [-0.1, -0.05) is 5.16 Å². The van der Waals surface area contributed by atoms with E-state index in [1.807, 2.05) is 0 Å². The third-order valence-corrected chi connectivity index (χ3v) is 3.07. The fourth-order valence-corrected chi connectivity index (χ4v) is 1.65. The molecule has 2 rings (SSSR count). The second kappa shape index (κ2) is 5.20. The summed E-state index contributed by atoms with van der Waals surface area (Å²) in [6, 6.07) is 4.98. The van der Waals surface area contributed by atoms with Gasteiger partial charge in [-0.25, -0.2) is 0 Å². The Balaban J connectivity index is 2.14. The van der Waals surface area contributed by atoms with E-state index >= 15 is 0 Å². The number of rotatable bonds is 3.